The van der Waals surface area contributed by atoms with Gasteiger partial charge >= 0.3 is 0 Å². The summed E-state index contributed by atoms with van der Waals surface area (Å²) >= 11 is 9.03. The van der Waals surface area contributed by atoms with E-state index in [4.69, 9.17) is 16.0 Å². The maximum atomic E-state index is 5.88. The molecule has 0 atom stereocenters. The Hall–Kier alpha value is -1.96. The molecule has 0 amide bonds. The van der Waals surface area contributed by atoms with E-state index < -0.39 is 0 Å². The lowest BCUT2D eigenvalue weighted by atomic mass is 10.2. The minimum absolute atomic E-state index is 0.487. The molecule has 0 aliphatic rings. The third kappa shape index (κ3) is 3.08. The smallest absolute Gasteiger partial charge is 0.247 e. The zero-order valence-electron chi connectivity index (χ0n) is 11.6. The first-order valence-electron chi connectivity index (χ1n) is 6.69. The van der Waals surface area contributed by atoms with E-state index in [1.807, 2.05) is 23.6 Å². The molecule has 3 aromatic heterocycles. The summed E-state index contributed by atoms with van der Waals surface area (Å²) in [5.41, 5.74) is 0.848. The molecule has 0 spiro atoms. The van der Waals surface area contributed by atoms with Gasteiger partial charge in [0.2, 0.25) is 11.8 Å². The summed E-state index contributed by atoms with van der Waals surface area (Å²) < 4.78 is 5.70. The van der Waals surface area contributed by atoms with E-state index in [1.54, 1.807) is 41.6 Å². The van der Waals surface area contributed by atoms with Crippen LogP contribution in [0.5, 0.6) is 0 Å². The van der Waals surface area contributed by atoms with Crippen LogP contribution in [0.2, 0.25) is 5.02 Å². The van der Waals surface area contributed by atoms with Crippen molar-refractivity contribution in [3.63, 3.8) is 0 Å². The van der Waals surface area contributed by atoms with Crippen LogP contribution in [0.3, 0.4) is 0 Å². The SMILES string of the molecule is Clc1ccc(-c2nnc(CSc3ncnc4sccc34)o2)cc1. The van der Waals surface area contributed by atoms with Crippen molar-refractivity contribution >= 4 is 44.9 Å². The largest absolute Gasteiger partial charge is 0.420 e. The van der Waals surface area contributed by atoms with Gasteiger partial charge in [0.1, 0.15) is 16.2 Å². The second-order valence-corrected chi connectivity index (χ2v) is 6.91. The van der Waals surface area contributed by atoms with Gasteiger partial charge in [-0.25, -0.2) is 9.97 Å². The minimum Gasteiger partial charge on any atom is -0.420 e. The molecular weight excluding hydrogens is 352 g/mol. The maximum absolute atomic E-state index is 5.88. The Balaban J connectivity index is 1.52. The molecule has 23 heavy (non-hydrogen) atoms. The fourth-order valence-corrected chi connectivity index (χ4v) is 3.78. The molecule has 1 aromatic carbocycles. The van der Waals surface area contributed by atoms with Gasteiger partial charge in [0, 0.05) is 16.0 Å². The van der Waals surface area contributed by atoms with E-state index in [9.17, 15) is 0 Å². The van der Waals surface area contributed by atoms with Crippen LogP contribution >= 0.6 is 34.7 Å². The molecule has 0 aliphatic heterocycles. The number of hydrogen-bond donors (Lipinski definition) is 0. The van der Waals surface area contributed by atoms with Crippen molar-refractivity contribution in [3.8, 4) is 11.5 Å². The highest BCUT2D eigenvalue weighted by atomic mass is 35.5. The molecule has 4 aromatic rings. The van der Waals surface area contributed by atoms with Gasteiger partial charge in [0.05, 0.1) is 5.75 Å². The van der Waals surface area contributed by atoms with Crippen LogP contribution in [-0.4, -0.2) is 20.2 Å². The summed E-state index contributed by atoms with van der Waals surface area (Å²) in [7, 11) is 0. The third-order valence-corrected chi connectivity index (χ3v) is 5.18. The molecule has 0 N–H and O–H groups in total. The molecule has 114 valence electrons. The van der Waals surface area contributed by atoms with Gasteiger partial charge in [0.25, 0.3) is 0 Å². The van der Waals surface area contributed by atoms with Crippen molar-refractivity contribution in [2.24, 2.45) is 0 Å². The Bertz CT molecular complexity index is 951. The Labute approximate surface area is 144 Å². The lowest BCUT2D eigenvalue weighted by Gasteiger charge is -1.99. The molecule has 4 rings (SSSR count). The highest BCUT2D eigenvalue weighted by molar-refractivity contribution is 7.98. The van der Waals surface area contributed by atoms with Crippen LogP contribution in [0.15, 0.2) is 51.5 Å². The molecule has 5 nitrogen and oxygen atoms in total. The van der Waals surface area contributed by atoms with Crippen LogP contribution in [-0.2, 0) is 5.75 Å². The molecule has 3 heterocycles. The molecule has 0 saturated carbocycles. The summed E-state index contributed by atoms with van der Waals surface area (Å²) in [6, 6.07) is 9.32. The molecule has 0 radical (unpaired) electrons. The van der Waals surface area contributed by atoms with E-state index in [2.05, 4.69) is 20.2 Å². The average Bonchev–Trinajstić information content (AvgIpc) is 3.23. The standard InChI is InChI=1S/C15H9ClN4OS2/c16-10-3-1-9(2-4-10)13-20-19-12(21-13)7-23-15-11-5-6-22-14(11)17-8-18-15/h1-6,8H,7H2. The first-order valence-corrected chi connectivity index (χ1v) is 8.93. The number of nitrogens with zero attached hydrogens (tertiary/aromatic N) is 4. The van der Waals surface area contributed by atoms with E-state index in [1.165, 1.54) is 0 Å². The van der Waals surface area contributed by atoms with Gasteiger partial charge in [-0.3, -0.25) is 0 Å². The third-order valence-electron chi connectivity index (χ3n) is 3.12. The molecule has 8 heteroatoms. The maximum Gasteiger partial charge on any atom is 0.247 e. The highest BCUT2D eigenvalue weighted by Crippen LogP contribution is 2.30. The second-order valence-electron chi connectivity index (χ2n) is 4.61. The van der Waals surface area contributed by atoms with Gasteiger partial charge in [0.15, 0.2) is 0 Å². The van der Waals surface area contributed by atoms with Crippen molar-refractivity contribution in [2.45, 2.75) is 10.8 Å². The van der Waals surface area contributed by atoms with Crippen LogP contribution < -0.4 is 0 Å². The molecule has 0 saturated heterocycles. The number of fused-ring (bicyclic) bond motifs is 1. The van der Waals surface area contributed by atoms with Crippen molar-refractivity contribution in [1.82, 2.24) is 20.2 Å². The topological polar surface area (TPSA) is 64.7 Å². The Morgan fingerprint density at radius 2 is 1.96 bits per heavy atom. The molecular formula is C15H9ClN4OS2. The quantitative estimate of drug-likeness (QED) is 0.388. The van der Waals surface area contributed by atoms with E-state index in [0.717, 1.165) is 20.8 Å². The van der Waals surface area contributed by atoms with E-state index >= 15 is 0 Å². The van der Waals surface area contributed by atoms with Crippen molar-refractivity contribution < 1.29 is 4.42 Å². The average molecular weight is 361 g/mol. The summed E-state index contributed by atoms with van der Waals surface area (Å²) in [6.45, 7) is 0. The van der Waals surface area contributed by atoms with Gasteiger partial charge < -0.3 is 4.42 Å². The van der Waals surface area contributed by atoms with E-state index in [0.29, 0.717) is 22.6 Å². The number of thiophene rings is 1. The van der Waals surface area contributed by atoms with Crippen LogP contribution in [0, 0.1) is 0 Å². The Kier molecular flexibility index (Phi) is 3.99. The minimum atomic E-state index is 0.487. The van der Waals surface area contributed by atoms with Crippen molar-refractivity contribution in [1.29, 1.82) is 0 Å². The first kappa shape index (κ1) is 14.6. The summed E-state index contributed by atoms with van der Waals surface area (Å²) in [5.74, 6) is 1.60. The second kappa shape index (κ2) is 6.27. The summed E-state index contributed by atoms with van der Waals surface area (Å²) in [5, 5.41) is 12.8. The number of aromatic nitrogens is 4. The van der Waals surface area contributed by atoms with Gasteiger partial charge in [-0.1, -0.05) is 23.4 Å². The Morgan fingerprint density at radius 3 is 2.83 bits per heavy atom. The fourth-order valence-electron chi connectivity index (χ4n) is 2.03. The highest BCUT2D eigenvalue weighted by Gasteiger charge is 2.11. The molecule has 0 fully saturated rings. The first-order chi connectivity index (χ1) is 11.3. The van der Waals surface area contributed by atoms with Gasteiger partial charge in [-0.2, -0.15) is 0 Å². The molecule has 0 aliphatic carbocycles. The fraction of sp³-hybridized carbons (Fsp3) is 0.0667. The number of thioether (sulfide) groups is 1. The lowest BCUT2D eigenvalue weighted by Crippen LogP contribution is -1.85. The van der Waals surface area contributed by atoms with Crippen molar-refractivity contribution in [3.05, 3.63) is 53.0 Å². The van der Waals surface area contributed by atoms with Gasteiger partial charge in [-0.15, -0.1) is 21.5 Å². The lowest BCUT2D eigenvalue weighted by molar-refractivity contribution is 0.528. The molecule has 0 unspecified atom stereocenters. The number of benzene rings is 1. The van der Waals surface area contributed by atoms with Crippen LogP contribution in [0.25, 0.3) is 21.7 Å². The Morgan fingerprint density at radius 1 is 1.09 bits per heavy atom. The summed E-state index contributed by atoms with van der Waals surface area (Å²) in [6.07, 6.45) is 1.58. The van der Waals surface area contributed by atoms with Crippen LogP contribution in [0.4, 0.5) is 0 Å². The van der Waals surface area contributed by atoms with Crippen molar-refractivity contribution in [2.75, 3.05) is 0 Å². The van der Waals surface area contributed by atoms with Crippen LogP contribution in [0.1, 0.15) is 5.89 Å². The number of hydrogen-bond acceptors (Lipinski definition) is 7. The predicted octanol–water partition coefficient (Wildman–Crippen LogP) is 4.69. The zero-order valence-corrected chi connectivity index (χ0v) is 14.0. The number of rotatable bonds is 4. The summed E-state index contributed by atoms with van der Waals surface area (Å²) in [4.78, 5) is 9.54. The predicted molar refractivity (Wildman–Crippen MR) is 91.7 cm³/mol. The van der Waals surface area contributed by atoms with Gasteiger partial charge in [-0.05, 0) is 35.7 Å². The molecule has 0 bridgehead atoms. The number of halogens is 1. The monoisotopic (exact) mass is 360 g/mol. The van der Waals surface area contributed by atoms with E-state index in [-0.39, 0.29) is 0 Å². The zero-order chi connectivity index (χ0) is 15.6. The normalized spacial score (nSPS) is 11.2.